The molecule has 0 bridgehead atoms. The summed E-state index contributed by atoms with van der Waals surface area (Å²) in [7, 11) is 0. The fourth-order valence-electron chi connectivity index (χ4n) is 8.73. The van der Waals surface area contributed by atoms with E-state index in [4.69, 9.17) is 4.74 Å². The quantitative estimate of drug-likeness (QED) is 0.411. The first kappa shape index (κ1) is 24.0. The first-order valence-corrected chi connectivity index (χ1v) is 13.5. The van der Waals surface area contributed by atoms with Gasteiger partial charge in [-0.05, 0) is 85.0 Å². The lowest BCUT2D eigenvalue weighted by Gasteiger charge is -2.57. The molecule has 0 saturated heterocycles. The van der Waals surface area contributed by atoms with Crippen LogP contribution in [0, 0.1) is 46.3 Å². The standard InChI is InChI=1S/C29H46O3/c1-18(2)8-7-9-19(3)23-10-11-24-27-25(13-15-29(23,24)6)28(5)14-12-22(32-20(4)30)16-21(28)17-26(27)31/h17-19,22-25,27H,7-16H2,1-6H3/t19-,22+,23-,24+,25-,27-,28+,29-/m1/s1. The summed E-state index contributed by atoms with van der Waals surface area (Å²) in [6.07, 6.45) is 13.7. The van der Waals surface area contributed by atoms with Crippen LogP contribution in [0.2, 0.25) is 0 Å². The van der Waals surface area contributed by atoms with Gasteiger partial charge < -0.3 is 4.74 Å². The normalized spacial score (nSPS) is 42.0. The molecule has 32 heavy (non-hydrogen) atoms. The monoisotopic (exact) mass is 442 g/mol. The molecule has 4 rings (SSSR count). The molecule has 3 nitrogen and oxygen atoms in total. The Morgan fingerprint density at radius 3 is 2.50 bits per heavy atom. The Morgan fingerprint density at radius 1 is 1.06 bits per heavy atom. The van der Waals surface area contributed by atoms with Gasteiger partial charge in [0.1, 0.15) is 6.10 Å². The van der Waals surface area contributed by atoms with Gasteiger partial charge in [-0.2, -0.15) is 0 Å². The maximum atomic E-state index is 13.6. The second-order valence-electron chi connectivity index (χ2n) is 12.7. The van der Waals surface area contributed by atoms with Crippen molar-refractivity contribution in [2.24, 2.45) is 46.3 Å². The molecule has 3 fully saturated rings. The summed E-state index contributed by atoms with van der Waals surface area (Å²) in [4.78, 5) is 25.1. The predicted octanol–water partition coefficient (Wildman–Crippen LogP) is 7.14. The minimum absolute atomic E-state index is 0.0485. The van der Waals surface area contributed by atoms with E-state index in [0.717, 1.165) is 37.0 Å². The number of ether oxygens (including phenoxy) is 1. The van der Waals surface area contributed by atoms with Gasteiger partial charge in [0.25, 0.3) is 0 Å². The van der Waals surface area contributed by atoms with E-state index in [1.54, 1.807) is 0 Å². The molecule has 3 heteroatoms. The van der Waals surface area contributed by atoms with Crippen molar-refractivity contribution in [1.82, 2.24) is 0 Å². The number of carbonyl (C=O) groups is 2. The molecule has 0 aromatic rings. The van der Waals surface area contributed by atoms with Crippen LogP contribution < -0.4 is 0 Å². The third-order valence-corrected chi connectivity index (χ3v) is 10.4. The number of hydrogen-bond donors (Lipinski definition) is 0. The van der Waals surface area contributed by atoms with Crippen LogP contribution in [0.4, 0.5) is 0 Å². The third kappa shape index (κ3) is 4.11. The topological polar surface area (TPSA) is 43.4 Å². The van der Waals surface area contributed by atoms with E-state index in [0.29, 0.717) is 23.0 Å². The Kier molecular flexibility index (Phi) is 6.69. The summed E-state index contributed by atoms with van der Waals surface area (Å²) < 4.78 is 5.54. The lowest BCUT2D eigenvalue weighted by atomic mass is 9.46. The number of hydrogen-bond acceptors (Lipinski definition) is 3. The van der Waals surface area contributed by atoms with Crippen LogP contribution in [0.5, 0.6) is 0 Å². The van der Waals surface area contributed by atoms with Crippen molar-refractivity contribution in [3.63, 3.8) is 0 Å². The van der Waals surface area contributed by atoms with Crippen molar-refractivity contribution in [3.05, 3.63) is 11.6 Å². The van der Waals surface area contributed by atoms with Crippen molar-refractivity contribution in [2.75, 3.05) is 0 Å². The number of esters is 1. The van der Waals surface area contributed by atoms with Gasteiger partial charge in [0.15, 0.2) is 5.78 Å². The van der Waals surface area contributed by atoms with Crippen molar-refractivity contribution < 1.29 is 14.3 Å². The Morgan fingerprint density at radius 2 is 1.81 bits per heavy atom. The predicted molar refractivity (Wildman–Crippen MR) is 129 cm³/mol. The minimum Gasteiger partial charge on any atom is -0.462 e. The summed E-state index contributed by atoms with van der Waals surface area (Å²) in [6.45, 7) is 13.6. The molecule has 0 unspecified atom stereocenters. The van der Waals surface area contributed by atoms with E-state index in [1.807, 2.05) is 6.08 Å². The summed E-state index contributed by atoms with van der Waals surface area (Å²) in [5, 5.41) is 0. The van der Waals surface area contributed by atoms with Gasteiger partial charge in [-0.3, -0.25) is 9.59 Å². The highest BCUT2D eigenvalue weighted by molar-refractivity contribution is 5.94. The summed E-state index contributed by atoms with van der Waals surface area (Å²) >= 11 is 0. The highest BCUT2D eigenvalue weighted by Gasteiger charge is 2.61. The molecule has 0 spiro atoms. The molecule has 0 aliphatic heterocycles. The summed E-state index contributed by atoms with van der Waals surface area (Å²) in [5.41, 5.74) is 1.70. The molecule has 0 heterocycles. The molecule has 3 saturated carbocycles. The van der Waals surface area contributed by atoms with Gasteiger partial charge in [-0.1, -0.05) is 59.5 Å². The average Bonchev–Trinajstić information content (AvgIpc) is 3.05. The maximum Gasteiger partial charge on any atom is 0.302 e. The van der Waals surface area contributed by atoms with E-state index in [2.05, 4.69) is 34.6 Å². The third-order valence-electron chi connectivity index (χ3n) is 10.4. The molecule has 0 aromatic carbocycles. The molecule has 0 aromatic heterocycles. The second-order valence-corrected chi connectivity index (χ2v) is 12.7. The average molecular weight is 443 g/mol. The first-order chi connectivity index (χ1) is 15.1. The highest BCUT2D eigenvalue weighted by Crippen LogP contribution is 2.66. The molecule has 4 aliphatic carbocycles. The Hall–Kier alpha value is -1.12. The number of allylic oxidation sites excluding steroid dienone is 1. The molecular weight excluding hydrogens is 396 g/mol. The van der Waals surface area contributed by atoms with Gasteiger partial charge in [-0.25, -0.2) is 0 Å². The van der Waals surface area contributed by atoms with Crippen molar-refractivity contribution in [3.8, 4) is 0 Å². The van der Waals surface area contributed by atoms with Crippen molar-refractivity contribution in [1.29, 1.82) is 0 Å². The second kappa shape index (κ2) is 8.91. The molecular formula is C29H46O3. The maximum absolute atomic E-state index is 13.6. The van der Waals surface area contributed by atoms with E-state index < -0.39 is 0 Å². The molecule has 0 N–H and O–H groups in total. The zero-order chi connectivity index (χ0) is 23.3. The van der Waals surface area contributed by atoms with Crippen molar-refractivity contribution in [2.45, 2.75) is 112 Å². The van der Waals surface area contributed by atoms with Crippen LogP contribution in [-0.4, -0.2) is 17.9 Å². The van der Waals surface area contributed by atoms with Crippen LogP contribution >= 0.6 is 0 Å². The van der Waals surface area contributed by atoms with E-state index in [-0.39, 0.29) is 23.4 Å². The molecule has 8 atom stereocenters. The zero-order valence-corrected chi connectivity index (χ0v) is 21.4. The molecule has 0 radical (unpaired) electrons. The fraction of sp³-hybridized carbons (Fsp3) is 0.862. The summed E-state index contributed by atoms with van der Waals surface area (Å²) in [5.74, 6) is 3.74. The van der Waals surface area contributed by atoms with Crippen LogP contribution in [-0.2, 0) is 14.3 Å². The molecule has 180 valence electrons. The van der Waals surface area contributed by atoms with Crippen LogP contribution in [0.3, 0.4) is 0 Å². The smallest absolute Gasteiger partial charge is 0.302 e. The lowest BCUT2D eigenvalue weighted by molar-refractivity contribution is -0.149. The van der Waals surface area contributed by atoms with Gasteiger partial charge in [0, 0.05) is 19.3 Å². The minimum atomic E-state index is -0.202. The SMILES string of the molecule is CC(=O)O[C@H]1CC[C@@]2(C)C(=CC(=O)[C@H]3[C@H]2CC[C@]2(C)[C@@H]([C@H](C)CCCC(C)C)CC[C@@H]32)C1. The van der Waals surface area contributed by atoms with Gasteiger partial charge in [-0.15, -0.1) is 0 Å². The van der Waals surface area contributed by atoms with Gasteiger partial charge in [0.2, 0.25) is 0 Å². The highest BCUT2D eigenvalue weighted by atomic mass is 16.5. The Labute approximate surface area is 196 Å². The van der Waals surface area contributed by atoms with E-state index in [9.17, 15) is 9.59 Å². The molecule has 0 amide bonds. The fourth-order valence-corrected chi connectivity index (χ4v) is 8.73. The Balaban J connectivity index is 1.52. The van der Waals surface area contributed by atoms with Crippen LogP contribution in [0.1, 0.15) is 106 Å². The van der Waals surface area contributed by atoms with Crippen molar-refractivity contribution >= 4 is 11.8 Å². The van der Waals surface area contributed by atoms with Crippen LogP contribution in [0.15, 0.2) is 11.6 Å². The molecule has 4 aliphatic rings. The number of ketones is 1. The van der Waals surface area contributed by atoms with E-state index >= 15 is 0 Å². The Bertz CT molecular complexity index is 766. The van der Waals surface area contributed by atoms with Crippen LogP contribution in [0.25, 0.3) is 0 Å². The summed E-state index contributed by atoms with van der Waals surface area (Å²) in [6, 6.07) is 0. The lowest BCUT2D eigenvalue weighted by Crippen LogP contribution is -2.53. The zero-order valence-electron chi connectivity index (χ0n) is 21.4. The van der Waals surface area contributed by atoms with E-state index in [1.165, 1.54) is 57.4 Å². The first-order valence-electron chi connectivity index (χ1n) is 13.5. The number of rotatable bonds is 6. The van der Waals surface area contributed by atoms with Gasteiger partial charge in [0.05, 0.1) is 0 Å². The number of fused-ring (bicyclic) bond motifs is 5. The number of carbonyl (C=O) groups excluding carboxylic acids is 2. The van der Waals surface area contributed by atoms with Gasteiger partial charge >= 0.3 is 5.97 Å². The largest absolute Gasteiger partial charge is 0.462 e.